The van der Waals surface area contributed by atoms with Crippen LogP contribution in [-0.4, -0.2) is 10.7 Å². The number of hydrogen-bond acceptors (Lipinski definition) is 2. The van der Waals surface area contributed by atoms with E-state index in [1.165, 1.54) is 12.1 Å². The summed E-state index contributed by atoms with van der Waals surface area (Å²) in [7, 11) is 0. The van der Waals surface area contributed by atoms with Crippen LogP contribution in [0.5, 0.6) is 0 Å². The number of nitriles is 1. The average Bonchev–Trinajstić information content (AvgIpc) is 2.24. The number of aliphatic hydroxyl groups is 1. The molecule has 92 valence electrons. The molecule has 17 heavy (non-hydrogen) atoms. The van der Waals surface area contributed by atoms with Crippen molar-refractivity contribution in [3.63, 3.8) is 0 Å². The highest BCUT2D eigenvalue weighted by Gasteiger charge is 2.31. The minimum Gasteiger partial charge on any atom is -0.388 e. The highest BCUT2D eigenvalue weighted by Crippen LogP contribution is 2.25. The van der Waals surface area contributed by atoms with Gasteiger partial charge in [-0.3, -0.25) is 0 Å². The number of rotatable bonds is 5. The summed E-state index contributed by atoms with van der Waals surface area (Å²) in [6.45, 7) is 3.62. The van der Waals surface area contributed by atoms with E-state index in [0.29, 0.717) is 18.4 Å². The summed E-state index contributed by atoms with van der Waals surface area (Å²) >= 11 is 0. The maximum Gasteiger partial charge on any atom is 0.123 e. The summed E-state index contributed by atoms with van der Waals surface area (Å²) < 4.78 is 13.0. The Morgan fingerprint density at radius 3 is 2.76 bits per heavy atom. The molecule has 0 heterocycles. The van der Waals surface area contributed by atoms with Crippen LogP contribution < -0.4 is 0 Å². The molecule has 0 aliphatic rings. The van der Waals surface area contributed by atoms with Gasteiger partial charge in [0.25, 0.3) is 0 Å². The summed E-state index contributed by atoms with van der Waals surface area (Å²) in [5, 5.41) is 19.3. The molecule has 0 spiro atoms. The fourth-order valence-corrected chi connectivity index (χ4v) is 1.99. The first kappa shape index (κ1) is 13.7. The van der Waals surface area contributed by atoms with E-state index in [-0.39, 0.29) is 5.82 Å². The molecule has 0 fully saturated rings. The quantitative estimate of drug-likeness (QED) is 0.852. The minimum absolute atomic E-state index is 0.295. The Hall–Kier alpha value is -1.40. The first-order valence-corrected chi connectivity index (χ1v) is 5.86. The zero-order valence-electron chi connectivity index (χ0n) is 10.3. The predicted octanol–water partition coefficient (Wildman–Crippen LogP) is 3.06. The third-order valence-electron chi connectivity index (χ3n) is 2.93. The van der Waals surface area contributed by atoms with Crippen molar-refractivity contribution < 1.29 is 9.50 Å². The lowest BCUT2D eigenvalue weighted by Gasteiger charge is -2.28. The molecule has 0 radical (unpaired) electrons. The van der Waals surface area contributed by atoms with Crippen molar-refractivity contribution in [3.05, 3.63) is 35.6 Å². The SMILES string of the molecule is CCCC(C#N)C(C)(O)Cc1cccc(F)c1. The van der Waals surface area contributed by atoms with Crippen molar-refractivity contribution in [1.82, 2.24) is 0 Å². The molecule has 1 rings (SSSR count). The lowest BCUT2D eigenvalue weighted by atomic mass is 9.82. The molecule has 0 aliphatic carbocycles. The van der Waals surface area contributed by atoms with Crippen LogP contribution in [0.2, 0.25) is 0 Å². The van der Waals surface area contributed by atoms with E-state index in [9.17, 15) is 9.50 Å². The highest BCUT2D eigenvalue weighted by atomic mass is 19.1. The zero-order chi connectivity index (χ0) is 12.9. The molecule has 0 amide bonds. The molecule has 1 N–H and O–H groups in total. The van der Waals surface area contributed by atoms with Crippen molar-refractivity contribution in [2.24, 2.45) is 5.92 Å². The first-order valence-electron chi connectivity index (χ1n) is 5.86. The normalized spacial score (nSPS) is 15.9. The largest absolute Gasteiger partial charge is 0.388 e. The Balaban J connectivity index is 2.81. The van der Waals surface area contributed by atoms with Crippen molar-refractivity contribution >= 4 is 0 Å². The van der Waals surface area contributed by atoms with Crippen molar-refractivity contribution in [2.75, 3.05) is 0 Å². The molecule has 0 aromatic heterocycles. The van der Waals surface area contributed by atoms with Crippen molar-refractivity contribution in [2.45, 2.75) is 38.7 Å². The van der Waals surface area contributed by atoms with Gasteiger partial charge in [-0.1, -0.05) is 25.5 Å². The second kappa shape index (κ2) is 5.79. The summed E-state index contributed by atoms with van der Waals surface area (Å²) in [5.41, 5.74) is -0.398. The highest BCUT2D eigenvalue weighted by molar-refractivity contribution is 5.19. The molecule has 2 atom stereocenters. The lowest BCUT2D eigenvalue weighted by molar-refractivity contribution is 0.0178. The van der Waals surface area contributed by atoms with E-state index in [1.807, 2.05) is 6.92 Å². The number of benzene rings is 1. The zero-order valence-corrected chi connectivity index (χ0v) is 10.3. The van der Waals surface area contributed by atoms with Crippen LogP contribution in [0.3, 0.4) is 0 Å². The second-order valence-electron chi connectivity index (χ2n) is 4.63. The molecule has 2 unspecified atom stereocenters. The maximum absolute atomic E-state index is 13.0. The Morgan fingerprint density at radius 2 is 2.24 bits per heavy atom. The lowest BCUT2D eigenvalue weighted by Crippen LogP contribution is -2.36. The molecule has 0 bridgehead atoms. The summed E-state index contributed by atoms with van der Waals surface area (Å²) in [6.07, 6.45) is 1.79. The van der Waals surface area contributed by atoms with E-state index in [0.717, 1.165) is 6.42 Å². The third-order valence-corrected chi connectivity index (χ3v) is 2.93. The molecule has 3 heteroatoms. The van der Waals surface area contributed by atoms with Gasteiger partial charge in [-0.15, -0.1) is 0 Å². The fourth-order valence-electron chi connectivity index (χ4n) is 1.99. The Labute approximate surface area is 102 Å². The van der Waals surface area contributed by atoms with Gasteiger partial charge in [-0.25, -0.2) is 4.39 Å². The van der Waals surface area contributed by atoms with Gasteiger partial charge < -0.3 is 5.11 Å². The maximum atomic E-state index is 13.0. The van der Waals surface area contributed by atoms with E-state index >= 15 is 0 Å². The molecule has 2 nitrogen and oxygen atoms in total. The van der Waals surface area contributed by atoms with Crippen LogP contribution in [0.1, 0.15) is 32.3 Å². The van der Waals surface area contributed by atoms with Crippen LogP contribution in [0, 0.1) is 23.1 Å². The predicted molar refractivity (Wildman–Crippen MR) is 64.7 cm³/mol. The van der Waals surface area contributed by atoms with Crippen LogP contribution in [0.15, 0.2) is 24.3 Å². The first-order chi connectivity index (χ1) is 7.99. The van der Waals surface area contributed by atoms with Crippen LogP contribution >= 0.6 is 0 Å². The summed E-state index contributed by atoms with van der Waals surface area (Å²) in [4.78, 5) is 0. The van der Waals surface area contributed by atoms with Gasteiger partial charge in [0.05, 0.1) is 17.6 Å². The van der Waals surface area contributed by atoms with E-state index in [1.54, 1.807) is 19.1 Å². The van der Waals surface area contributed by atoms with Crippen LogP contribution in [0.4, 0.5) is 4.39 Å². The molecule has 1 aromatic rings. The van der Waals surface area contributed by atoms with E-state index in [2.05, 4.69) is 6.07 Å². The van der Waals surface area contributed by atoms with Crippen LogP contribution in [0.25, 0.3) is 0 Å². The molecular weight excluding hydrogens is 217 g/mol. The van der Waals surface area contributed by atoms with Gasteiger partial charge in [0, 0.05) is 6.42 Å². The number of halogens is 1. The summed E-state index contributed by atoms with van der Waals surface area (Å²) in [5.74, 6) is -0.738. The monoisotopic (exact) mass is 235 g/mol. The standard InChI is InChI=1S/C14H18FNO/c1-3-5-12(10-16)14(2,17)9-11-6-4-7-13(15)8-11/h4,6-8,12,17H,3,5,9H2,1-2H3. The third kappa shape index (κ3) is 3.83. The molecule has 0 saturated carbocycles. The van der Waals surface area contributed by atoms with Gasteiger partial charge in [-0.05, 0) is 31.0 Å². The molecule has 1 aromatic carbocycles. The Bertz CT molecular complexity index is 409. The minimum atomic E-state index is -1.11. The smallest absolute Gasteiger partial charge is 0.123 e. The van der Waals surface area contributed by atoms with Gasteiger partial charge in [0.15, 0.2) is 0 Å². The van der Waals surface area contributed by atoms with Gasteiger partial charge in [0.1, 0.15) is 5.82 Å². The average molecular weight is 235 g/mol. The number of nitrogens with zero attached hydrogens (tertiary/aromatic N) is 1. The molecular formula is C14H18FNO. The Kier molecular flexibility index (Phi) is 4.65. The number of hydrogen-bond donors (Lipinski definition) is 1. The van der Waals surface area contributed by atoms with Crippen LogP contribution in [-0.2, 0) is 6.42 Å². The topological polar surface area (TPSA) is 44.0 Å². The summed E-state index contributed by atoms with van der Waals surface area (Å²) in [6, 6.07) is 8.27. The van der Waals surface area contributed by atoms with E-state index in [4.69, 9.17) is 5.26 Å². The van der Waals surface area contributed by atoms with Gasteiger partial charge in [0.2, 0.25) is 0 Å². The van der Waals surface area contributed by atoms with Gasteiger partial charge >= 0.3 is 0 Å². The van der Waals surface area contributed by atoms with Crippen molar-refractivity contribution in [3.8, 4) is 6.07 Å². The van der Waals surface area contributed by atoms with Crippen molar-refractivity contribution in [1.29, 1.82) is 5.26 Å². The second-order valence-corrected chi connectivity index (χ2v) is 4.63. The van der Waals surface area contributed by atoms with Gasteiger partial charge in [-0.2, -0.15) is 5.26 Å². The molecule has 0 saturated heterocycles. The molecule has 0 aliphatic heterocycles. The Morgan fingerprint density at radius 1 is 1.53 bits per heavy atom. The fraction of sp³-hybridized carbons (Fsp3) is 0.500. The van der Waals surface area contributed by atoms with E-state index < -0.39 is 11.5 Å².